The zero-order valence-electron chi connectivity index (χ0n) is 24.4. The molecule has 232 valence electrons. The second-order valence-corrected chi connectivity index (χ2v) is 12.1. The number of oxazole rings is 1. The molecule has 0 saturated carbocycles. The molecule has 1 saturated heterocycles. The third-order valence-corrected chi connectivity index (χ3v) is 8.94. The number of likely N-dealkylation sites (tertiary alicyclic amines) is 1. The molecule has 2 aliphatic heterocycles. The van der Waals surface area contributed by atoms with Crippen LogP contribution in [-0.4, -0.2) is 69.0 Å². The van der Waals surface area contributed by atoms with Gasteiger partial charge in [-0.15, -0.1) is 11.3 Å². The van der Waals surface area contributed by atoms with Gasteiger partial charge >= 0.3 is 5.92 Å². The number of benzene rings is 2. The van der Waals surface area contributed by atoms with Crippen molar-refractivity contribution >= 4 is 23.2 Å². The molecular weight excluding hydrogens is 600 g/mol. The van der Waals surface area contributed by atoms with E-state index in [0.29, 0.717) is 12.1 Å². The Morgan fingerprint density at radius 3 is 2.73 bits per heavy atom. The highest BCUT2D eigenvalue weighted by Gasteiger charge is 2.36. The lowest BCUT2D eigenvalue weighted by molar-refractivity contribution is 0.0415. The molecular formula is C33H31F2N5O4S. The summed E-state index contributed by atoms with van der Waals surface area (Å²) < 4.78 is 32.9. The third-order valence-electron chi connectivity index (χ3n) is 7.88. The standard InChI is InChI=1S/C33H31F2N5O4S/c1-20-18-45-31(38-20)27-8-5-12-40(27)32(43)24-16-22(15-23(17-24)30-36-11-13-44-30)29(42)39-26(14-21-6-3-2-4-7-21)28(41)25-9-10-33(34,35)19-37-25/h2-4,6-7,11,13,15-18,25-28,37,41H,5,8,12,14,19H2,1H3,(H,39,42)/t25-,26+,27-,28-/m1/s1. The van der Waals surface area contributed by atoms with Gasteiger partial charge in [0.2, 0.25) is 5.89 Å². The molecule has 9 nitrogen and oxygen atoms in total. The lowest BCUT2D eigenvalue weighted by Gasteiger charge is -2.31. The topological polar surface area (TPSA) is 121 Å². The number of amides is 2. The Labute approximate surface area is 262 Å². The van der Waals surface area contributed by atoms with Crippen molar-refractivity contribution in [3.8, 4) is 23.3 Å². The second-order valence-electron chi connectivity index (χ2n) is 11.2. The predicted molar refractivity (Wildman–Crippen MR) is 164 cm³/mol. The Hall–Kier alpha value is -4.44. The number of nitrogens with one attached hydrogen (secondary N) is 2. The molecule has 2 aromatic heterocycles. The van der Waals surface area contributed by atoms with Crippen molar-refractivity contribution in [2.45, 2.75) is 56.3 Å². The molecule has 6 rings (SSSR count). The van der Waals surface area contributed by atoms with Gasteiger partial charge in [-0.05, 0) is 55.9 Å². The largest absolute Gasteiger partial charge is 0.445 e. The van der Waals surface area contributed by atoms with Gasteiger partial charge in [0.05, 0.1) is 30.9 Å². The maximum Gasteiger partial charge on any atom is 0.320 e. The van der Waals surface area contributed by atoms with Crippen LogP contribution >= 0.6 is 11.3 Å². The van der Waals surface area contributed by atoms with E-state index in [1.54, 1.807) is 17.0 Å². The molecule has 12 heteroatoms. The van der Waals surface area contributed by atoms with Crippen LogP contribution in [0, 0.1) is 18.8 Å². The lowest BCUT2D eigenvalue weighted by atomic mass is 9.94. The molecule has 4 atom stereocenters. The van der Waals surface area contributed by atoms with Gasteiger partial charge in [-0.3, -0.25) is 14.9 Å². The highest BCUT2D eigenvalue weighted by molar-refractivity contribution is 7.09. The molecule has 4 heterocycles. The summed E-state index contributed by atoms with van der Waals surface area (Å²) >= 11 is 1.52. The number of halogens is 2. The van der Waals surface area contributed by atoms with Crippen molar-refractivity contribution in [2.24, 2.45) is 0 Å². The Balaban J connectivity index is 1.31. The summed E-state index contributed by atoms with van der Waals surface area (Å²) in [5, 5.41) is 19.6. The van der Waals surface area contributed by atoms with Gasteiger partial charge < -0.3 is 19.7 Å². The van der Waals surface area contributed by atoms with Crippen LogP contribution in [0.4, 0.5) is 8.78 Å². The molecule has 0 spiro atoms. The zero-order chi connectivity index (χ0) is 31.6. The van der Waals surface area contributed by atoms with E-state index in [9.17, 15) is 23.5 Å². The van der Waals surface area contributed by atoms with Gasteiger partial charge in [-0.25, -0.2) is 9.97 Å². The fourth-order valence-corrected chi connectivity index (χ4v) is 6.60. The van der Waals surface area contributed by atoms with Gasteiger partial charge in [-0.1, -0.05) is 36.3 Å². The van der Waals surface area contributed by atoms with Crippen molar-refractivity contribution in [3.63, 3.8) is 0 Å². The smallest absolute Gasteiger partial charge is 0.320 e. The van der Waals surface area contributed by atoms with E-state index in [4.69, 9.17) is 4.42 Å². The highest BCUT2D eigenvalue weighted by atomic mass is 32.1. The third kappa shape index (κ3) is 6.96. The van der Waals surface area contributed by atoms with Gasteiger partial charge in [0.15, 0.2) is 0 Å². The number of carbonyl (C=O) groups excluding carboxylic acids is 2. The second kappa shape index (κ2) is 12.9. The first-order chi connectivity index (χ1) is 21.7. The summed E-state index contributed by atoms with van der Waals surface area (Å²) in [6, 6.07) is 11.9. The van der Waals surface area contributed by atoms with E-state index < -0.39 is 36.6 Å². The van der Waals surface area contributed by atoms with Crippen LogP contribution in [0.1, 0.15) is 55.9 Å². The normalized spacial score (nSPS) is 20.2. The van der Waals surface area contributed by atoms with Gasteiger partial charge in [0.1, 0.15) is 17.4 Å². The van der Waals surface area contributed by atoms with E-state index in [0.717, 1.165) is 29.1 Å². The molecule has 0 bridgehead atoms. The quantitative estimate of drug-likeness (QED) is 0.234. The number of aliphatic hydroxyl groups is 1. The number of aliphatic hydroxyl groups excluding tert-OH is 1. The fourth-order valence-electron chi connectivity index (χ4n) is 5.66. The Morgan fingerprint density at radius 2 is 2.04 bits per heavy atom. The number of carbonyl (C=O) groups is 2. The number of hydrogen-bond acceptors (Lipinski definition) is 8. The van der Waals surface area contributed by atoms with Crippen LogP contribution in [0.5, 0.6) is 0 Å². The van der Waals surface area contributed by atoms with Crippen molar-refractivity contribution in [1.82, 2.24) is 25.5 Å². The molecule has 2 aromatic carbocycles. The number of thiazole rings is 1. The first-order valence-corrected chi connectivity index (χ1v) is 15.5. The van der Waals surface area contributed by atoms with Gasteiger partial charge in [0.25, 0.3) is 11.8 Å². The van der Waals surface area contributed by atoms with Gasteiger partial charge in [0, 0.05) is 34.3 Å². The summed E-state index contributed by atoms with van der Waals surface area (Å²) in [6.45, 7) is 1.75. The molecule has 4 aromatic rings. The number of nitrogens with zero attached hydrogens (tertiary/aromatic N) is 3. The van der Waals surface area contributed by atoms with Gasteiger partial charge in [-0.2, -0.15) is 8.78 Å². The first kappa shape index (κ1) is 30.6. The van der Waals surface area contributed by atoms with E-state index >= 15 is 0 Å². The Morgan fingerprint density at radius 1 is 1.24 bits per heavy atom. The van der Waals surface area contributed by atoms with Crippen LogP contribution in [0.25, 0.3) is 11.5 Å². The number of alkyl halides is 2. The van der Waals surface area contributed by atoms with Crippen LogP contribution in [0.3, 0.4) is 0 Å². The lowest BCUT2D eigenvalue weighted by Crippen LogP contribution is -2.56. The van der Waals surface area contributed by atoms with Crippen LogP contribution < -0.4 is 10.6 Å². The molecule has 2 amide bonds. The average molecular weight is 632 g/mol. The summed E-state index contributed by atoms with van der Waals surface area (Å²) in [6.07, 6.45) is 3.37. The maximum atomic E-state index is 14.0. The summed E-state index contributed by atoms with van der Waals surface area (Å²) in [4.78, 5) is 38.4. The summed E-state index contributed by atoms with van der Waals surface area (Å²) in [5.74, 6) is 0.506. The molecule has 45 heavy (non-hydrogen) atoms. The Bertz CT molecular complexity index is 1730. The van der Waals surface area contributed by atoms with Crippen molar-refractivity contribution in [3.05, 3.63) is 93.8 Å². The van der Waals surface area contributed by atoms with Crippen molar-refractivity contribution < 1.29 is 27.9 Å². The molecule has 0 aliphatic carbocycles. The molecule has 1 fully saturated rings. The van der Waals surface area contributed by atoms with E-state index in [-0.39, 0.29) is 35.4 Å². The Kier molecular flexibility index (Phi) is 8.76. The van der Waals surface area contributed by atoms with Crippen molar-refractivity contribution in [2.75, 3.05) is 13.1 Å². The van der Waals surface area contributed by atoms with E-state index in [1.165, 1.54) is 29.9 Å². The molecule has 3 N–H and O–H groups in total. The fraction of sp³-hybridized carbons (Fsp3) is 0.333. The minimum atomic E-state index is -3.20. The minimum absolute atomic E-state index is 0.148. The predicted octanol–water partition coefficient (Wildman–Crippen LogP) is 4.40. The number of aryl methyl sites for hydroxylation is 1. The molecule has 2 aliphatic rings. The van der Waals surface area contributed by atoms with Crippen LogP contribution in [0.2, 0.25) is 0 Å². The van der Waals surface area contributed by atoms with E-state index in [1.807, 2.05) is 48.6 Å². The SMILES string of the molecule is Cc1csc([C@H]2CCCN2C(=O)c2cc(C(=O)N[C@@H](Cc3ccccc3)[C@H](O)[C@H]3C#CC(F)(F)CN3)cc(-c3ncco3)c2)n1. The zero-order valence-corrected chi connectivity index (χ0v) is 25.2. The molecule has 0 radical (unpaired) electrons. The number of aromatic nitrogens is 2. The average Bonchev–Trinajstić information content (AvgIpc) is 3.83. The maximum absolute atomic E-state index is 14.0. The van der Waals surface area contributed by atoms with Crippen LogP contribution in [-0.2, 0) is 6.42 Å². The first-order valence-electron chi connectivity index (χ1n) is 14.6. The van der Waals surface area contributed by atoms with Crippen molar-refractivity contribution in [1.29, 1.82) is 0 Å². The molecule has 0 unspecified atom stereocenters. The van der Waals surface area contributed by atoms with E-state index in [2.05, 4.69) is 26.5 Å². The minimum Gasteiger partial charge on any atom is -0.445 e. The summed E-state index contributed by atoms with van der Waals surface area (Å²) in [5.41, 5.74) is 2.57. The number of rotatable bonds is 9. The van der Waals surface area contributed by atoms with Crippen LogP contribution in [0.15, 0.2) is 70.8 Å². The summed E-state index contributed by atoms with van der Waals surface area (Å²) in [7, 11) is 0. The highest BCUT2D eigenvalue weighted by Crippen LogP contribution is 2.35. The monoisotopic (exact) mass is 631 g/mol. The number of hydrogen-bond donors (Lipinski definition) is 3.